The van der Waals surface area contributed by atoms with Crippen LogP contribution in [-0.4, -0.2) is 35.3 Å². The van der Waals surface area contributed by atoms with Crippen molar-refractivity contribution in [1.82, 2.24) is 0 Å². The van der Waals surface area contributed by atoms with E-state index in [1.807, 2.05) is 0 Å². The zero-order valence-electron chi connectivity index (χ0n) is 7.06. The molecule has 0 rings (SSSR count). The average molecular weight is 242 g/mol. The first kappa shape index (κ1) is 14.5. The van der Waals surface area contributed by atoms with E-state index in [2.05, 4.69) is 9.69 Å². The Kier molecular flexibility index (Phi) is 4.01. The van der Waals surface area contributed by atoms with Gasteiger partial charge in [0.25, 0.3) is 5.60 Å². The molecule has 0 aliphatic rings. The summed E-state index contributed by atoms with van der Waals surface area (Å²) in [5, 5.41) is 15.8. The Hall–Kier alpha value is -0.515. The van der Waals surface area contributed by atoms with Gasteiger partial charge in [-0.15, -0.1) is 0 Å². The van der Waals surface area contributed by atoms with E-state index in [9.17, 15) is 26.3 Å². The molecule has 0 aromatic carbocycles. The van der Waals surface area contributed by atoms with Crippen molar-refractivity contribution in [2.24, 2.45) is 0 Å². The van der Waals surface area contributed by atoms with Crippen molar-refractivity contribution in [1.29, 1.82) is 0 Å². The second kappa shape index (κ2) is 4.16. The first-order valence-electron chi connectivity index (χ1n) is 3.26. The van der Waals surface area contributed by atoms with Crippen molar-refractivity contribution in [3.8, 4) is 0 Å². The summed E-state index contributed by atoms with van der Waals surface area (Å²) in [5.41, 5.74) is -4.64. The van der Waals surface area contributed by atoms with Crippen molar-refractivity contribution in [2.45, 2.75) is 24.9 Å². The summed E-state index contributed by atoms with van der Waals surface area (Å²) in [4.78, 5) is 6.00. The molecule has 0 aromatic heterocycles. The molecule has 0 fully saturated rings. The van der Waals surface area contributed by atoms with Gasteiger partial charge in [0, 0.05) is 0 Å². The molecule has 0 amide bonds. The molecule has 0 aliphatic heterocycles. The Bertz CT molecular complexity index is 198. The fraction of sp³-hybridized carbons (Fsp3) is 1.00. The molecule has 0 atom stereocenters. The van der Waals surface area contributed by atoms with E-state index in [1.54, 1.807) is 0 Å². The fourth-order valence-corrected chi connectivity index (χ4v) is 0.394. The highest BCUT2D eigenvalue weighted by molar-refractivity contribution is 6.32. The predicted molar refractivity (Wildman–Crippen MR) is 32.9 cm³/mol. The van der Waals surface area contributed by atoms with Crippen LogP contribution in [0.4, 0.5) is 26.3 Å². The van der Waals surface area contributed by atoms with Gasteiger partial charge in [0.05, 0.1) is 0 Å². The van der Waals surface area contributed by atoms with E-state index in [1.165, 1.54) is 0 Å². The summed E-state index contributed by atoms with van der Waals surface area (Å²) in [6.07, 6.45) is -11.6. The monoisotopic (exact) mass is 242 g/mol. The van der Waals surface area contributed by atoms with Gasteiger partial charge >= 0.3 is 19.7 Å². The van der Waals surface area contributed by atoms with Gasteiger partial charge in [0.15, 0.2) is 0 Å². The lowest BCUT2D eigenvalue weighted by molar-refractivity contribution is -0.454. The normalized spacial score (nSPS) is 14.2. The zero-order chi connectivity index (χ0) is 12.5. The number of hydrogen-bond donors (Lipinski definition) is 2. The van der Waals surface area contributed by atoms with Crippen LogP contribution in [0.2, 0.25) is 0 Å². The molecule has 0 bridgehead atoms. The van der Waals surface area contributed by atoms with Gasteiger partial charge in [0.1, 0.15) is 0 Å². The number of rotatable bonds is 3. The predicted octanol–water partition coefficient (Wildman–Crippen LogP) is 0.787. The average Bonchev–Trinajstić information content (AvgIpc) is 1.95. The lowest BCUT2D eigenvalue weighted by Crippen LogP contribution is -2.57. The van der Waals surface area contributed by atoms with Crippen LogP contribution in [0.5, 0.6) is 0 Å². The second-order valence-electron chi connectivity index (χ2n) is 2.53. The minimum absolute atomic E-state index is 0.352. The summed E-state index contributed by atoms with van der Waals surface area (Å²) >= 11 is 0. The van der Waals surface area contributed by atoms with Crippen molar-refractivity contribution < 1.29 is 46.1 Å². The van der Waals surface area contributed by atoms with Gasteiger partial charge in [-0.25, -0.2) is 9.69 Å². The van der Waals surface area contributed by atoms with Gasteiger partial charge in [-0.3, -0.25) is 0 Å². The van der Waals surface area contributed by atoms with E-state index < -0.39 is 25.3 Å². The van der Waals surface area contributed by atoms with E-state index in [4.69, 9.17) is 10.0 Å². The summed E-state index contributed by atoms with van der Waals surface area (Å²) in [6, 6.07) is 0. The van der Waals surface area contributed by atoms with Crippen molar-refractivity contribution in [3.63, 3.8) is 0 Å². The molecule has 0 heterocycles. The highest BCUT2D eigenvalue weighted by Gasteiger charge is 2.70. The Morgan fingerprint density at radius 2 is 1.27 bits per heavy atom. The third kappa shape index (κ3) is 3.22. The lowest BCUT2D eigenvalue weighted by Gasteiger charge is -2.31. The maximum absolute atomic E-state index is 12.0. The van der Waals surface area contributed by atoms with E-state index >= 15 is 0 Å². The molecular formula is C4H5BF6O4. The van der Waals surface area contributed by atoms with Crippen LogP contribution in [0.3, 0.4) is 0 Å². The fourth-order valence-electron chi connectivity index (χ4n) is 0.394. The van der Waals surface area contributed by atoms with E-state index in [0.29, 0.717) is 0 Å². The summed E-state index contributed by atoms with van der Waals surface area (Å²) in [7, 11) is -2.91. The highest BCUT2D eigenvalue weighted by atomic mass is 19.4. The van der Waals surface area contributed by atoms with Crippen LogP contribution in [0.25, 0.3) is 0 Å². The number of alkyl halides is 6. The van der Waals surface area contributed by atoms with Gasteiger partial charge < -0.3 is 10.0 Å². The molecule has 0 saturated heterocycles. The van der Waals surface area contributed by atoms with Gasteiger partial charge in [-0.05, 0) is 6.92 Å². The third-order valence-electron chi connectivity index (χ3n) is 1.38. The Morgan fingerprint density at radius 3 is 1.47 bits per heavy atom. The SMILES string of the molecule is CC(OOB(O)O)(C(F)(F)F)C(F)(F)F. The molecule has 2 N–H and O–H groups in total. The van der Waals surface area contributed by atoms with Gasteiger partial charge in [-0.1, -0.05) is 0 Å². The molecule has 0 aromatic rings. The molecule has 0 unspecified atom stereocenters. The van der Waals surface area contributed by atoms with Gasteiger partial charge in [-0.2, -0.15) is 26.3 Å². The summed E-state index contributed by atoms with van der Waals surface area (Å²) in [6.45, 7) is -0.352. The van der Waals surface area contributed by atoms with Crippen molar-refractivity contribution in [3.05, 3.63) is 0 Å². The van der Waals surface area contributed by atoms with Crippen LogP contribution < -0.4 is 0 Å². The number of halogens is 6. The van der Waals surface area contributed by atoms with Crippen molar-refractivity contribution in [2.75, 3.05) is 0 Å². The smallest absolute Gasteiger partial charge is 0.400 e. The summed E-state index contributed by atoms with van der Waals surface area (Å²) < 4.78 is 71.8. The van der Waals surface area contributed by atoms with Crippen LogP contribution in [-0.2, 0) is 9.69 Å². The molecular weight excluding hydrogens is 237 g/mol. The van der Waals surface area contributed by atoms with E-state index in [0.717, 1.165) is 0 Å². The zero-order valence-corrected chi connectivity index (χ0v) is 7.06. The Labute approximate surface area is 79.5 Å². The first-order chi connectivity index (χ1) is 6.42. The number of hydrogen-bond acceptors (Lipinski definition) is 4. The maximum atomic E-state index is 12.0. The van der Waals surface area contributed by atoms with Crippen LogP contribution in [0.15, 0.2) is 0 Å². The molecule has 15 heavy (non-hydrogen) atoms. The molecule has 90 valence electrons. The maximum Gasteiger partial charge on any atom is 0.662 e. The standard InChI is InChI=1S/C4H5BF6O4/c1-2(3(6,7)8,4(9,10)11)14-15-5(12)13/h12-13H,1H3. The minimum Gasteiger partial charge on any atom is -0.400 e. The first-order valence-corrected chi connectivity index (χ1v) is 3.26. The second-order valence-corrected chi connectivity index (χ2v) is 2.53. The van der Waals surface area contributed by atoms with Crippen LogP contribution in [0.1, 0.15) is 6.92 Å². The lowest BCUT2D eigenvalue weighted by atomic mass is 10.1. The Morgan fingerprint density at radius 1 is 0.933 bits per heavy atom. The van der Waals surface area contributed by atoms with Crippen molar-refractivity contribution >= 4 is 7.32 Å². The van der Waals surface area contributed by atoms with E-state index in [-0.39, 0.29) is 6.92 Å². The third-order valence-corrected chi connectivity index (χ3v) is 1.38. The molecule has 0 aliphatic carbocycles. The molecule has 0 spiro atoms. The summed E-state index contributed by atoms with van der Waals surface area (Å²) in [5.74, 6) is 0. The highest BCUT2D eigenvalue weighted by Crippen LogP contribution is 2.45. The minimum atomic E-state index is -5.82. The quantitative estimate of drug-likeness (QED) is 0.332. The van der Waals surface area contributed by atoms with Crippen LogP contribution in [0, 0.1) is 0 Å². The molecule has 0 radical (unpaired) electrons. The Balaban J connectivity index is 4.90. The molecule has 11 heteroatoms. The topological polar surface area (TPSA) is 58.9 Å². The largest absolute Gasteiger partial charge is 0.662 e. The molecule has 0 saturated carbocycles. The van der Waals surface area contributed by atoms with Crippen LogP contribution >= 0.6 is 0 Å². The molecule has 4 nitrogen and oxygen atoms in total. The van der Waals surface area contributed by atoms with Gasteiger partial charge in [0.2, 0.25) is 0 Å².